The van der Waals surface area contributed by atoms with Crippen LogP contribution in [-0.2, 0) is 10.2 Å². The molecule has 0 spiro atoms. The van der Waals surface area contributed by atoms with Gasteiger partial charge in [0.2, 0.25) is 17.1 Å². The molecule has 0 radical (unpaired) electrons. The highest BCUT2D eigenvalue weighted by molar-refractivity contribution is 7.99. The fraction of sp³-hybridized carbons (Fsp3) is 0.714. The first-order valence-corrected chi connectivity index (χ1v) is 11.6. The van der Waals surface area contributed by atoms with Crippen LogP contribution in [0.3, 0.4) is 0 Å². The Kier molecular flexibility index (Phi) is 7.65. The Balaban J connectivity index is 1.58. The van der Waals surface area contributed by atoms with Gasteiger partial charge in [-0.3, -0.25) is 9.59 Å². The van der Waals surface area contributed by atoms with Crippen molar-refractivity contribution in [2.75, 3.05) is 57.8 Å². The van der Waals surface area contributed by atoms with E-state index in [0.717, 1.165) is 50.7 Å². The van der Waals surface area contributed by atoms with Gasteiger partial charge < -0.3 is 24.6 Å². The average Bonchev–Trinajstić information content (AvgIpc) is 2.70. The highest BCUT2D eigenvalue weighted by Crippen LogP contribution is 2.43. The smallest absolute Gasteiger partial charge is 0.227 e. The second-order valence-electron chi connectivity index (χ2n) is 8.32. The van der Waals surface area contributed by atoms with Gasteiger partial charge in [0.25, 0.3) is 0 Å². The molecule has 2 aliphatic heterocycles. The van der Waals surface area contributed by atoms with E-state index in [4.69, 9.17) is 4.42 Å². The SMILES string of the molecule is Cc1cc(=O)c(O)c(C2(CC(=O)NCCCN3CCN(C)CC3)CCSCC2)o1. The number of hydrogen-bond acceptors (Lipinski definition) is 7. The van der Waals surface area contributed by atoms with E-state index in [9.17, 15) is 14.7 Å². The summed E-state index contributed by atoms with van der Waals surface area (Å²) in [7, 11) is 2.14. The molecule has 3 heterocycles. The lowest BCUT2D eigenvalue weighted by molar-refractivity contribution is -0.122. The minimum absolute atomic E-state index is 0.0427. The molecule has 0 bridgehead atoms. The van der Waals surface area contributed by atoms with Crippen molar-refractivity contribution in [2.24, 2.45) is 0 Å². The molecular weight excluding hydrogens is 390 g/mol. The monoisotopic (exact) mass is 423 g/mol. The molecule has 1 amide bonds. The van der Waals surface area contributed by atoms with Gasteiger partial charge in [-0.2, -0.15) is 11.8 Å². The van der Waals surface area contributed by atoms with Crippen LogP contribution in [0, 0.1) is 6.92 Å². The molecule has 1 aromatic rings. The summed E-state index contributed by atoms with van der Waals surface area (Å²) in [6.07, 6.45) is 2.59. The number of amides is 1. The van der Waals surface area contributed by atoms with Crippen LogP contribution in [0.25, 0.3) is 0 Å². The van der Waals surface area contributed by atoms with E-state index in [0.29, 0.717) is 25.1 Å². The molecule has 0 aromatic carbocycles. The fourth-order valence-corrected chi connectivity index (χ4v) is 5.46. The van der Waals surface area contributed by atoms with Crippen LogP contribution >= 0.6 is 11.8 Å². The maximum atomic E-state index is 12.7. The molecule has 7 nitrogen and oxygen atoms in total. The fourth-order valence-electron chi connectivity index (χ4n) is 4.18. The van der Waals surface area contributed by atoms with Gasteiger partial charge in [0.15, 0.2) is 5.76 Å². The van der Waals surface area contributed by atoms with Crippen LogP contribution < -0.4 is 10.7 Å². The quantitative estimate of drug-likeness (QED) is 0.644. The zero-order valence-corrected chi connectivity index (χ0v) is 18.4. The predicted octanol–water partition coefficient (Wildman–Crippen LogP) is 1.56. The van der Waals surface area contributed by atoms with Crippen molar-refractivity contribution in [3.05, 3.63) is 27.8 Å². The van der Waals surface area contributed by atoms with Crippen LogP contribution in [0.5, 0.6) is 5.75 Å². The summed E-state index contributed by atoms with van der Waals surface area (Å²) in [5, 5.41) is 13.4. The lowest BCUT2D eigenvalue weighted by atomic mass is 9.75. The van der Waals surface area contributed by atoms with Crippen molar-refractivity contribution in [1.29, 1.82) is 0 Å². The van der Waals surface area contributed by atoms with Crippen LogP contribution in [0.2, 0.25) is 0 Å². The Morgan fingerprint density at radius 2 is 1.97 bits per heavy atom. The average molecular weight is 424 g/mol. The summed E-state index contributed by atoms with van der Waals surface area (Å²) in [6.45, 7) is 7.68. The largest absolute Gasteiger partial charge is 0.502 e. The van der Waals surface area contributed by atoms with Gasteiger partial charge in [-0.25, -0.2) is 0 Å². The number of aryl methyl sites for hydroxylation is 1. The predicted molar refractivity (Wildman–Crippen MR) is 116 cm³/mol. The molecule has 0 atom stereocenters. The number of hydrogen-bond donors (Lipinski definition) is 2. The number of nitrogens with one attached hydrogen (secondary N) is 1. The summed E-state index contributed by atoms with van der Waals surface area (Å²) in [5.41, 5.74) is -1.05. The van der Waals surface area contributed by atoms with Crippen molar-refractivity contribution < 1.29 is 14.3 Å². The van der Waals surface area contributed by atoms with Gasteiger partial charge in [0, 0.05) is 50.6 Å². The van der Waals surface area contributed by atoms with Gasteiger partial charge in [0.05, 0.1) is 0 Å². The molecule has 2 aliphatic rings. The molecule has 3 rings (SSSR count). The van der Waals surface area contributed by atoms with Crippen LogP contribution in [0.1, 0.15) is 37.2 Å². The van der Waals surface area contributed by atoms with Gasteiger partial charge in [-0.1, -0.05) is 0 Å². The Hall–Kier alpha value is -1.51. The highest BCUT2D eigenvalue weighted by Gasteiger charge is 2.41. The van der Waals surface area contributed by atoms with Crippen LogP contribution in [0.4, 0.5) is 0 Å². The molecule has 1 aromatic heterocycles. The molecule has 162 valence electrons. The van der Waals surface area contributed by atoms with Crippen molar-refractivity contribution >= 4 is 17.7 Å². The first-order valence-electron chi connectivity index (χ1n) is 10.5. The van der Waals surface area contributed by atoms with Crippen molar-refractivity contribution in [2.45, 2.75) is 38.0 Å². The number of carbonyl (C=O) groups is 1. The van der Waals surface area contributed by atoms with Crippen molar-refractivity contribution in [3.63, 3.8) is 0 Å². The maximum absolute atomic E-state index is 12.7. The third-order valence-electron chi connectivity index (χ3n) is 6.05. The van der Waals surface area contributed by atoms with Crippen LogP contribution in [-0.4, -0.2) is 78.6 Å². The Bertz CT molecular complexity index is 753. The normalized spacial score (nSPS) is 20.5. The number of thioether (sulfide) groups is 1. The number of nitrogens with zero attached hydrogens (tertiary/aromatic N) is 2. The first-order chi connectivity index (χ1) is 13.9. The molecule has 2 saturated heterocycles. The molecule has 2 fully saturated rings. The van der Waals surface area contributed by atoms with E-state index in [2.05, 4.69) is 22.2 Å². The molecule has 0 unspecified atom stereocenters. The van der Waals surface area contributed by atoms with Crippen molar-refractivity contribution in [3.8, 4) is 5.75 Å². The first kappa shape index (κ1) is 22.2. The zero-order chi connectivity index (χ0) is 20.9. The number of rotatable bonds is 7. The number of piperazine rings is 1. The number of carbonyl (C=O) groups excluding carboxylic acids is 1. The number of aromatic hydroxyl groups is 1. The lowest BCUT2D eigenvalue weighted by Gasteiger charge is -2.35. The molecule has 2 N–H and O–H groups in total. The van der Waals surface area contributed by atoms with Gasteiger partial charge in [-0.15, -0.1) is 0 Å². The highest BCUT2D eigenvalue weighted by atomic mass is 32.2. The Labute approximate surface area is 176 Å². The van der Waals surface area contributed by atoms with E-state index in [-0.39, 0.29) is 23.8 Å². The molecule has 0 aliphatic carbocycles. The maximum Gasteiger partial charge on any atom is 0.227 e. The van der Waals surface area contributed by atoms with E-state index in [1.807, 2.05) is 11.8 Å². The minimum atomic E-state index is -0.609. The number of likely N-dealkylation sites (N-methyl/N-ethyl adjacent to an activating group) is 1. The second kappa shape index (κ2) is 10.00. The standard InChI is InChI=1S/C21H33N3O4S/c1-16-14-17(25)19(27)20(28-16)21(4-12-29-13-5-21)15-18(26)22-6-3-7-24-10-8-23(2)9-11-24/h14,27H,3-13,15H2,1-2H3,(H,22,26). The van der Waals surface area contributed by atoms with Crippen molar-refractivity contribution in [1.82, 2.24) is 15.1 Å². The third-order valence-corrected chi connectivity index (χ3v) is 7.03. The Morgan fingerprint density at radius 3 is 2.66 bits per heavy atom. The molecule has 0 saturated carbocycles. The van der Waals surface area contributed by atoms with E-state index in [1.54, 1.807) is 6.92 Å². The summed E-state index contributed by atoms with van der Waals surface area (Å²) in [5.74, 6) is 2.13. The Morgan fingerprint density at radius 1 is 1.28 bits per heavy atom. The minimum Gasteiger partial charge on any atom is -0.502 e. The third kappa shape index (κ3) is 5.77. The summed E-state index contributed by atoms with van der Waals surface area (Å²) in [6, 6.07) is 1.29. The molecule has 29 heavy (non-hydrogen) atoms. The second-order valence-corrected chi connectivity index (χ2v) is 9.54. The van der Waals surface area contributed by atoms with Crippen LogP contribution in [0.15, 0.2) is 15.3 Å². The lowest BCUT2D eigenvalue weighted by Crippen LogP contribution is -2.45. The zero-order valence-electron chi connectivity index (χ0n) is 17.5. The van der Waals surface area contributed by atoms with Gasteiger partial charge in [0.1, 0.15) is 5.76 Å². The van der Waals surface area contributed by atoms with Gasteiger partial charge >= 0.3 is 0 Å². The summed E-state index contributed by atoms with van der Waals surface area (Å²) >= 11 is 1.83. The van der Waals surface area contributed by atoms with Gasteiger partial charge in [-0.05, 0) is 51.3 Å². The summed E-state index contributed by atoms with van der Waals surface area (Å²) in [4.78, 5) is 29.6. The molecular formula is C21H33N3O4S. The van der Waals surface area contributed by atoms with E-state index >= 15 is 0 Å². The van der Waals surface area contributed by atoms with E-state index in [1.165, 1.54) is 6.07 Å². The molecule has 8 heteroatoms. The topological polar surface area (TPSA) is 86.0 Å². The summed E-state index contributed by atoms with van der Waals surface area (Å²) < 4.78 is 5.80. The van der Waals surface area contributed by atoms with E-state index < -0.39 is 10.8 Å².